The second-order valence-electron chi connectivity index (χ2n) is 5.05. The Labute approximate surface area is 123 Å². The molecule has 4 heteroatoms. The quantitative estimate of drug-likeness (QED) is 0.859. The number of nitrogens with one attached hydrogen (secondary N) is 1. The van der Waals surface area contributed by atoms with Crippen molar-refractivity contribution in [2.75, 3.05) is 6.54 Å². The Balaban J connectivity index is 1.80. The monoisotopic (exact) mass is 289 g/mol. The Bertz CT molecular complexity index is 535. The first-order chi connectivity index (χ1) is 9.58. The minimum atomic E-state index is -1.04. The van der Waals surface area contributed by atoms with Gasteiger partial charge in [0.2, 0.25) is 5.91 Å². The molecule has 0 bridgehead atoms. The average molecular weight is 289 g/mol. The topological polar surface area (TPSA) is 49.3 Å². The van der Waals surface area contributed by atoms with Gasteiger partial charge < -0.3 is 10.4 Å². The highest BCUT2D eigenvalue weighted by Gasteiger charge is 2.23. The molecule has 1 aromatic carbocycles. The molecule has 0 aliphatic heterocycles. The van der Waals surface area contributed by atoms with Crippen LogP contribution in [-0.4, -0.2) is 17.6 Å². The molecule has 0 aliphatic rings. The van der Waals surface area contributed by atoms with E-state index in [9.17, 15) is 9.90 Å². The van der Waals surface area contributed by atoms with Gasteiger partial charge in [0.15, 0.2) is 0 Å². The van der Waals surface area contributed by atoms with Gasteiger partial charge in [-0.2, -0.15) is 11.3 Å². The molecule has 0 spiro atoms. The van der Waals surface area contributed by atoms with Crippen molar-refractivity contribution in [3.05, 3.63) is 58.3 Å². The summed E-state index contributed by atoms with van der Waals surface area (Å²) < 4.78 is 0. The van der Waals surface area contributed by atoms with Crippen LogP contribution in [0.2, 0.25) is 0 Å². The third kappa shape index (κ3) is 4.18. The van der Waals surface area contributed by atoms with Crippen LogP contribution in [0, 0.1) is 0 Å². The zero-order chi connectivity index (χ0) is 14.4. The zero-order valence-corrected chi connectivity index (χ0v) is 12.3. The molecular weight excluding hydrogens is 270 g/mol. The van der Waals surface area contributed by atoms with Gasteiger partial charge in [-0.15, -0.1) is 0 Å². The molecular formula is C16H19NO2S. The van der Waals surface area contributed by atoms with E-state index in [0.29, 0.717) is 6.42 Å². The summed E-state index contributed by atoms with van der Waals surface area (Å²) in [5.41, 5.74) is 0.942. The van der Waals surface area contributed by atoms with Crippen LogP contribution in [0.5, 0.6) is 0 Å². The van der Waals surface area contributed by atoms with Crippen LogP contribution in [0.25, 0.3) is 0 Å². The van der Waals surface area contributed by atoms with Crippen LogP contribution < -0.4 is 5.32 Å². The molecule has 0 fully saturated rings. The number of rotatable bonds is 6. The van der Waals surface area contributed by atoms with E-state index in [2.05, 4.69) is 5.32 Å². The molecule has 0 saturated carbocycles. The van der Waals surface area contributed by atoms with Crippen LogP contribution >= 0.6 is 11.3 Å². The molecule has 2 N–H and O–H groups in total. The fraction of sp³-hybridized carbons (Fsp3) is 0.312. The number of thiophene rings is 1. The molecule has 2 aromatic rings. The highest BCUT2D eigenvalue weighted by Crippen LogP contribution is 2.19. The maximum atomic E-state index is 11.8. The lowest BCUT2D eigenvalue weighted by Crippen LogP contribution is -2.38. The van der Waals surface area contributed by atoms with E-state index >= 15 is 0 Å². The fourth-order valence-corrected chi connectivity index (χ4v) is 2.65. The number of aryl methyl sites for hydroxylation is 1. The number of aliphatic hydroxyl groups is 1. The van der Waals surface area contributed by atoms with Gasteiger partial charge in [-0.05, 0) is 41.3 Å². The first-order valence-corrected chi connectivity index (χ1v) is 7.58. The maximum Gasteiger partial charge on any atom is 0.220 e. The second kappa shape index (κ2) is 6.68. The summed E-state index contributed by atoms with van der Waals surface area (Å²) in [4.78, 5) is 11.8. The van der Waals surface area contributed by atoms with Gasteiger partial charge in [0.05, 0.1) is 6.54 Å². The Morgan fingerprint density at radius 1 is 1.30 bits per heavy atom. The van der Waals surface area contributed by atoms with Crippen LogP contribution in [0.3, 0.4) is 0 Å². The van der Waals surface area contributed by atoms with Crippen LogP contribution in [0.4, 0.5) is 0 Å². The molecule has 1 unspecified atom stereocenters. The standard InChI is InChI=1S/C16H19NO2S/c1-16(19,14-5-3-2-4-6-14)12-17-15(18)8-7-13-9-10-20-11-13/h2-6,9-11,19H,7-8,12H2,1H3,(H,17,18). The summed E-state index contributed by atoms with van der Waals surface area (Å²) in [5.74, 6) is -0.0348. The molecule has 1 atom stereocenters. The molecule has 2 rings (SSSR count). The molecule has 3 nitrogen and oxygen atoms in total. The van der Waals surface area contributed by atoms with Crippen molar-refractivity contribution in [3.8, 4) is 0 Å². The van der Waals surface area contributed by atoms with E-state index in [1.54, 1.807) is 18.3 Å². The number of benzene rings is 1. The summed E-state index contributed by atoms with van der Waals surface area (Å²) in [5, 5.41) is 17.2. The van der Waals surface area contributed by atoms with Crippen molar-refractivity contribution in [2.45, 2.75) is 25.4 Å². The third-order valence-electron chi connectivity index (χ3n) is 3.25. The lowest BCUT2D eigenvalue weighted by molar-refractivity contribution is -0.122. The Kier molecular flexibility index (Phi) is 4.93. The van der Waals surface area contributed by atoms with Gasteiger partial charge in [0.25, 0.3) is 0 Å². The molecule has 1 aromatic heterocycles. The maximum absolute atomic E-state index is 11.8. The Morgan fingerprint density at radius 2 is 2.05 bits per heavy atom. The van der Waals surface area contributed by atoms with E-state index < -0.39 is 5.60 Å². The SMILES string of the molecule is CC(O)(CNC(=O)CCc1ccsc1)c1ccccc1. The third-order valence-corrected chi connectivity index (χ3v) is 3.98. The van der Waals surface area contributed by atoms with E-state index in [0.717, 1.165) is 12.0 Å². The van der Waals surface area contributed by atoms with Crippen molar-refractivity contribution < 1.29 is 9.90 Å². The molecule has 0 radical (unpaired) electrons. The van der Waals surface area contributed by atoms with E-state index in [1.165, 1.54) is 5.56 Å². The van der Waals surface area contributed by atoms with Gasteiger partial charge in [0, 0.05) is 6.42 Å². The van der Waals surface area contributed by atoms with Crippen molar-refractivity contribution in [1.82, 2.24) is 5.32 Å². The van der Waals surface area contributed by atoms with Crippen molar-refractivity contribution in [3.63, 3.8) is 0 Å². The van der Waals surface area contributed by atoms with Crippen LogP contribution in [-0.2, 0) is 16.8 Å². The van der Waals surface area contributed by atoms with Crippen LogP contribution in [0.1, 0.15) is 24.5 Å². The largest absolute Gasteiger partial charge is 0.384 e. The fourth-order valence-electron chi connectivity index (χ4n) is 1.95. The number of hydrogen-bond donors (Lipinski definition) is 2. The van der Waals surface area contributed by atoms with Gasteiger partial charge in [-0.3, -0.25) is 4.79 Å². The molecule has 1 amide bonds. The summed E-state index contributed by atoms with van der Waals surface area (Å²) in [6, 6.07) is 11.4. The van der Waals surface area contributed by atoms with Gasteiger partial charge >= 0.3 is 0 Å². The average Bonchev–Trinajstić information content (AvgIpc) is 2.97. The predicted molar refractivity (Wildman–Crippen MR) is 81.7 cm³/mol. The van der Waals surface area contributed by atoms with E-state index in [-0.39, 0.29) is 12.5 Å². The smallest absolute Gasteiger partial charge is 0.220 e. The Morgan fingerprint density at radius 3 is 2.70 bits per heavy atom. The van der Waals surface area contributed by atoms with Crippen molar-refractivity contribution >= 4 is 17.2 Å². The molecule has 20 heavy (non-hydrogen) atoms. The number of carbonyl (C=O) groups is 1. The van der Waals surface area contributed by atoms with Gasteiger partial charge in [-0.1, -0.05) is 30.3 Å². The van der Waals surface area contributed by atoms with Gasteiger partial charge in [-0.25, -0.2) is 0 Å². The first kappa shape index (κ1) is 14.8. The molecule has 1 heterocycles. The van der Waals surface area contributed by atoms with Crippen molar-refractivity contribution in [1.29, 1.82) is 0 Å². The summed E-state index contributed by atoms with van der Waals surface area (Å²) in [6.07, 6.45) is 1.18. The summed E-state index contributed by atoms with van der Waals surface area (Å²) >= 11 is 1.63. The molecule has 0 aliphatic carbocycles. The number of carbonyl (C=O) groups excluding carboxylic acids is 1. The van der Waals surface area contributed by atoms with Gasteiger partial charge in [0.1, 0.15) is 5.60 Å². The van der Waals surface area contributed by atoms with Crippen molar-refractivity contribution in [2.24, 2.45) is 0 Å². The molecule has 0 saturated heterocycles. The normalized spacial score (nSPS) is 13.7. The molecule has 106 valence electrons. The lowest BCUT2D eigenvalue weighted by Gasteiger charge is -2.24. The highest BCUT2D eigenvalue weighted by molar-refractivity contribution is 7.07. The van der Waals surface area contributed by atoms with E-state index in [4.69, 9.17) is 0 Å². The Hall–Kier alpha value is -1.65. The first-order valence-electron chi connectivity index (χ1n) is 6.63. The second-order valence-corrected chi connectivity index (χ2v) is 5.83. The summed E-state index contributed by atoms with van der Waals surface area (Å²) in [7, 11) is 0. The lowest BCUT2D eigenvalue weighted by atomic mass is 9.96. The summed E-state index contributed by atoms with van der Waals surface area (Å²) in [6.45, 7) is 1.93. The highest BCUT2D eigenvalue weighted by atomic mass is 32.1. The predicted octanol–water partition coefficient (Wildman–Crippen LogP) is 2.70. The van der Waals surface area contributed by atoms with Crippen LogP contribution in [0.15, 0.2) is 47.2 Å². The number of hydrogen-bond acceptors (Lipinski definition) is 3. The number of amides is 1. The van der Waals surface area contributed by atoms with E-state index in [1.807, 2.05) is 47.2 Å². The zero-order valence-electron chi connectivity index (χ0n) is 11.5. The minimum absolute atomic E-state index is 0.0348. The minimum Gasteiger partial charge on any atom is -0.384 e.